The van der Waals surface area contributed by atoms with Crippen molar-refractivity contribution in [3.63, 3.8) is 0 Å². The zero-order valence-corrected chi connectivity index (χ0v) is 16.4. The number of rotatable bonds is 5. The molecular formula is C22H30O5. The Morgan fingerprint density at radius 3 is 2.78 bits per heavy atom. The minimum absolute atomic E-state index is 0.0408. The van der Waals surface area contributed by atoms with Crippen molar-refractivity contribution in [1.29, 1.82) is 0 Å². The minimum atomic E-state index is -0.514. The highest BCUT2D eigenvalue weighted by molar-refractivity contribution is 5.66. The largest absolute Gasteiger partial charge is 0.504 e. The van der Waals surface area contributed by atoms with Crippen molar-refractivity contribution in [2.45, 2.75) is 64.6 Å². The summed E-state index contributed by atoms with van der Waals surface area (Å²) in [7, 11) is 1.51. The van der Waals surface area contributed by atoms with Crippen molar-refractivity contribution in [3.05, 3.63) is 23.8 Å². The van der Waals surface area contributed by atoms with E-state index in [1.807, 2.05) is 6.07 Å². The van der Waals surface area contributed by atoms with E-state index in [4.69, 9.17) is 9.47 Å². The zero-order chi connectivity index (χ0) is 19.8. The Morgan fingerprint density at radius 2 is 2.11 bits per heavy atom. The molecule has 0 aromatic heterocycles. The van der Waals surface area contributed by atoms with Gasteiger partial charge in [-0.25, -0.2) is 0 Å². The summed E-state index contributed by atoms with van der Waals surface area (Å²) >= 11 is 0. The molecular weight excluding hydrogens is 344 g/mol. The number of esters is 1. The Morgan fingerprint density at radius 1 is 1.33 bits per heavy atom. The Balaban J connectivity index is 2.28. The maximum atomic E-state index is 11.6. The number of methoxy groups -OCH3 is 1. The second kappa shape index (κ2) is 10.2. The van der Waals surface area contributed by atoms with Gasteiger partial charge in [0.05, 0.1) is 13.2 Å². The van der Waals surface area contributed by atoms with Crippen LogP contribution in [0.1, 0.15) is 51.5 Å². The van der Waals surface area contributed by atoms with Gasteiger partial charge in [-0.05, 0) is 43.4 Å². The summed E-state index contributed by atoms with van der Waals surface area (Å²) in [5.74, 6) is 6.99. The molecule has 1 aromatic rings. The second-order valence-electron chi connectivity index (χ2n) is 7.22. The molecule has 0 amide bonds. The standard InChI is InChI=1S/C22H30O5/c1-4-16-6-5-7-18(12-17-9-11-20(25)22(13-17)26-3)21(27-15(2)23)14-19(24)10-8-16/h9,11,13,16,18-19,21,24-25H,4,7-8,10,12,14H2,1-3H3. The van der Waals surface area contributed by atoms with E-state index < -0.39 is 12.2 Å². The number of aromatic hydroxyl groups is 1. The lowest BCUT2D eigenvalue weighted by Crippen LogP contribution is -2.32. The maximum Gasteiger partial charge on any atom is 0.302 e. The number of aliphatic hydroxyl groups is 1. The van der Waals surface area contributed by atoms with Crippen LogP contribution in [0.2, 0.25) is 0 Å². The van der Waals surface area contributed by atoms with E-state index in [0.29, 0.717) is 37.4 Å². The smallest absolute Gasteiger partial charge is 0.302 e. The summed E-state index contributed by atoms with van der Waals surface area (Å²) in [4.78, 5) is 11.6. The number of hydrogen-bond acceptors (Lipinski definition) is 5. The number of aliphatic hydroxyl groups excluding tert-OH is 1. The molecule has 148 valence electrons. The molecule has 0 bridgehead atoms. The van der Waals surface area contributed by atoms with Crippen molar-refractivity contribution in [3.8, 4) is 23.3 Å². The van der Waals surface area contributed by atoms with Gasteiger partial charge in [-0.15, -0.1) is 5.92 Å². The van der Waals surface area contributed by atoms with E-state index in [1.165, 1.54) is 14.0 Å². The molecule has 4 unspecified atom stereocenters. The summed E-state index contributed by atoms with van der Waals surface area (Å²) in [6, 6.07) is 5.22. The molecule has 2 rings (SSSR count). The molecule has 0 fully saturated rings. The average Bonchev–Trinajstić information content (AvgIpc) is 2.63. The summed E-state index contributed by atoms with van der Waals surface area (Å²) in [5, 5.41) is 20.2. The lowest BCUT2D eigenvalue weighted by atomic mass is 9.85. The van der Waals surface area contributed by atoms with Crippen LogP contribution in [0.5, 0.6) is 11.5 Å². The Labute approximate surface area is 161 Å². The molecule has 0 saturated heterocycles. The van der Waals surface area contributed by atoms with Gasteiger partial charge in [-0.3, -0.25) is 4.79 Å². The van der Waals surface area contributed by atoms with Crippen LogP contribution < -0.4 is 4.74 Å². The van der Waals surface area contributed by atoms with E-state index in [2.05, 4.69) is 18.8 Å². The van der Waals surface area contributed by atoms with Crippen molar-refractivity contribution in [2.75, 3.05) is 7.11 Å². The van der Waals surface area contributed by atoms with Gasteiger partial charge in [-0.1, -0.05) is 18.9 Å². The van der Waals surface area contributed by atoms with Gasteiger partial charge in [0, 0.05) is 31.6 Å². The minimum Gasteiger partial charge on any atom is -0.504 e. The van der Waals surface area contributed by atoms with Crippen molar-refractivity contribution in [1.82, 2.24) is 0 Å². The molecule has 1 aliphatic rings. The highest BCUT2D eigenvalue weighted by Gasteiger charge is 2.28. The van der Waals surface area contributed by atoms with Crippen molar-refractivity contribution >= 4 is 5.97 Å². The molecule has 4 atom stereocenters. The number of phenolic OH excluding ortho intramolecular Hbond substituents is 1. The van der Waals surface area contributed by atoms with Crippen LogP contribution in [0.25, 0.3) is 0 Å². The topological polar surface area (TPSA) is 76.0 Å². The number of carbonyl (C=O) groups is 1. The first kappa shape index (κ1) is 21.1. The van der Waals surface area contributed by atoms with Crippen LogP contribution in [0, 0.1) is 23.7 Å². The van der Waals surface area contributed by atoms with Gasteiger partial charge in [0.1, 0.15) is 6.10 Å². The average molecular weight is 374 g/mol. The Kier molecular flexibility index (Phi) is 7.99. The maximum absolute atomic E-state index is 11.6. The van der Waals surface area contributed by atoms with Crippen LogP contribution in [0.15, 0.2) is 18.2 Å². The monoisotopic (exact) mass is 374 g/mol. The fourth-order valence-electron chi connectivity index (χ4n) is 3.53. The molecule has 0 aliphatic heterocycles. The molecule has 5 nitrogen and oxygen atoms in total. The summed E-state index contributed by atoms with van der Waals surface area (Å²) in [6.45, 7) is 3.50. The first-order valence-corrected chi connectivity index (χ1v) is 9.62. The van der Waals surface area contributed by atoms with E-state index in [9.17, 15) is 15.0 Å². The number of hydrogen-bond donors (Lipinski definition) is 2. The summed E-state index contributed by atoms with van der Waals surface area (Å²) in [5.41, 5.74) is 0.965. The van der Waals surface area contributed by atoms with E-state index in [1.54, 1.807) is 12.1 Å². The van der Waals surface area contributed by atoms with Gasteiger partial charge in [0.15, 0.2) is 11.5 Å². The number of phenols is 1. The molecule has 0 heterocycles. The zero-order valence-electron chi connectivity index (χ0n) is 16.4. The Bertz CT molecular complexity index is 688. The molecule has 2 N–H and O–H groups in total. The Hall–Kier alpha value is -2.19. The summed E-state index contributed by atoms with van der Waals surface area (Å²) in [6.07, 6.45) is 3.19. The van der Waals surface area contributed by atoms with Gasteiger partial charge < -0.3 is 19.7 Å². The normalized spacial score (nSPS) is 25.8. The molecule has 1 aliphatic carbocycles. The molecule has 5 heteroatoms. The molecule has 27 heavy (non-hydrogen) atoms. The van der Waals surface area contributed by atoms with E-state index >= 15 is 0 Å². The third-order valence-electron chi connectivity index (χ3n) is 5.10. The highest BCUT2D eigenvalue weighted by Crippen LogP contribution is 2.30. The fraction of sp³-hybridized carbons (Fsp3) is 0.591. The van der Waals surface area contributed by atoms with Gasteiger partial charge in [0.2, 0.25) is 0 Å². The predicted molar refractivity (Wildman–Crippen MR) is 103 cm³/mol. The van der Waals surface area contributed by atoms with Crippen molar-refractivity contribution in [2.24, 2.45) is 11.8 Å². The van der Waals surface area contributed by atoms with E-state index in [0.717, 1.165) is 18.4 Å². The van der Waals surface area contributed by atoms with Crippen LogP contribution in [-0.2, 0) is 16.0 Å². The van der Waals surface area contributed by atoms with Crippen LogP contribution in [0.4, 0.5) is 0 Å². The third kappa shape index (κ3) is 6.48. The van der Waals surface area contributed by atoms with Crippen LogP contribution in [-0.4, -0.2) is 35.5 Å². The lowest BCUT2D eigenvalue weighted by molar-refractivity contribution is -0.150. The predicted octanol–water partition coefficient (Wildman–Crippen LogP) is 3.46. The molecule has 0 radical (unpaired) electrons. The van der Waals surface area contributed by atoms with Crippen molar-refractivity contribution < 1.29 is 24.5 Å². The molecule has 0 saturated carbocycles. The quantitative estimate of drug-likeness (QED) is 0.610. The lowest BCUT2D eigenvalue weighted by Gasteiger charge is -2.28. The van der Waals surface area contributed by atoms with Gasteiger partial charge >= 0.3 is 5.97 Å². The van der Waals surface area contributed by atoms with Crippen LogP contribution >= 0.6 is 0 Å². The van der Waals surface area contributed by atoms with Crippen LogP contribution in [0.3, 0.4) is 0 Å². The second-order valence-corrected chi connectivity index (χ2v) is 7.22. The third-order valence-corrected chi connectivity index (χ3v) is 5.10. The first-order chi connectivity index (χ1) is 12.9. The number of carbonyl (C=O) groups excluding carboxylic acids is 1. The number of ether oxygens (including phenoxy) is 2. The first-order valence-electron chi connectivity index (χ1n) is 9.62. The molecule has 0 spiro atoms. The van der Waals surface area contributed by atoms with E-state index in [-0.39, 0.29) is 17.6 Å². The SMILES string of the molecule is CCC1C#CCC(Cc2ccc(O)c(OC)c2)C(OC(C)=O)CC(O)CC1. The number of benzene rings is 1. The summed E-state index contributed by atoms with van der Waals surface area (Å²) < 4.78 is 10.8. The van der Waals surface area contributed by atoms with Gasteiger partial charge in [-0.2, -0.15) is 0 Å². The molecule has 1 aromatic carbocycles. The van der Waals surface area contributed by atoms with Gasteiger partial charge in [0.25, 0.3) is 0 Å². The highest BCUT2D eigenvalue weighted by atomic mass is 16.5. The fourth-order valence-corrected chi connectivity index (χ4v) is 3.53.